The lowest BCUT2D eigenvalue weighted by Crippen LogP contribution is -2.39. The molecule has 1 aliphatic heterocycles. The largest absolute Gasteiger partial charge is 0.481 e. The Labute approximate surface area is 121 Å². The second-order valence-electron chi connectivity index (χ2n) is 5.04. The summed E-state index contributed by atoms with van der Waals surface area (Å²) in [7, 11) is 0. The third-order valence-corrected chi connectivity index (χ3v) is 4.21. The zero-order valence-corrected chi connectivity index (χ0v) is 12.1. The van der Waals surface area contributed by atoms with E-state index in [1.54, 1.807) is 6.20 Å². The molecule has 1 fully saturated rings. The minimum Gasteiger partial charge on any atom is -0.481 e. The topological polar surface area (TPSA) is 82.5 Å². The zero-order chi connectivity index (χ0) is 14.4. The highest BCUT2D eigenvalue weighted by molar-refractivity contribution is 7.13. The number of aromatic nitrogens is 1. The van der Waals surface area contributed by atoms with Crippen molar-refractivity contribution in [2.75, 3.05) is 25.0 Å². The molecule has 6 nitrogen and oxygen atoms in total. The van der Waals surface area contributed by atoms with Gasteiger partial charge in [0.2, 0.25) is 5.91 Å². The fraction of sp³-hybridized carbons (Fsp3) is 0.615. The van der Waals surface area contributed by atoms with Crippen LogP contribution in [0.5, 0.6) is 0 Å². The molecule has 0 spiro atoms. The highest BCUT2D eigenvalue weighted by Gasteiger charge is 2.21. The number of rotatable bonds is 6. The van der Waals surface area contributed by atoms with Gasteiger partial charge in [-0.1, -0.05) is 0 Å². The van der Waals surface area contributed by atoms with Crippen molar-refractivity contribution in [3.8, 4) is 0 Å². The number of carbonyl (C=O) groups excluding carboxylic acids is 1. The number of nitrogens with zero attached hydrogens (tertiary/aromatic N) is 2. The minimum absolute atomic E-state index is 0.0380. The third-order valence-electron chi connectivity index (χ3n) is 3.52. The number of piperidine rings is 1. The zero-order valence-electron chi connectivity index (χ0n) is 11.2. The molecule has 1 aromatic rings. The predicted octanol–water partition coefficient (Wildman–Crippen LogP) is 1.66. The third kappa shape index (κ3) is 4.90. The van der Waals surface area contributed by atoms with Crippen LogP contribution in [0.1, 0.15) is 25.7 Å². The van der Waals surface area contributed by atoms with E-state index in [0.29, 0.717) is 17.6 Å². The molecule has 7 heteroatoms. The van der Waals surface area contributed by atoms with E-state index < -0.39 is 5.97 Å². The summed E-state index contributed by atoms with van der Waals surface area (Å²) < 4.78 is 0. The van der Waals surface area contributed by atoms with E-state index >= 15 is 0 Å². The minimum atomic E-state index is -0.727. The molecule has 0 bridgehead atoms. The fourth-order valence-corrected chi connectivity index (χ4v) is 2.95. The van der Waals surface area contributed by atoms with Gasteiger partial charge in [-0.2, -0.15) is 0 Å². The van der Waals surface area contributed by atoms with Gasteiger partial charge in [0.1, 0.15) is 0 Å². The summed E-state index contributed by atoms with van der Waals surface area (Å²) in [4.78, 5) is 28.5. The summed E-state index contributed by atoms with van der Waals surface area (Å²) in [5, 5.41) is 13.9. The molecule has 2 rings (SSSR count). The van der Waals surface area contributed by atoms with Crippen LogP contribution in [0.2, 0.25) is 0 Å². The van der Waals surface area contributed by atoms with Crippen molar-refractivity contribution < 1.29 is 14.7 Å². The number of likely N-dealkylation sites (tertiary alicyclic amines) is 1. The van der Waals surface area contributed by atoms with Crippen LogP contribution in [-0.4, -0.2) is 46.5 Å². The molecule has 0 unspecified atom stereocenters. The van der Waals surface area contributed by atoms with Crippen LogP contribution in [0.25, 0.3) is 0 Å². The first-order valence-electron chi connectivity index (χ1n) is 6.77. The van der Waals surface area contributed by atoms with E-state index in [-0.39, 0.29) is 12.3 Å². The Morgan fingerprint density at radius 2 is 2.20 bits per heavy atom. The normalized spacial score (nSPS) is 17.0. The Morgan fingerprint density at radius 3 is 2.80 bits per heavy atom. The maximum Gasteiger partial charge on any atom is 0.303 e. The van der Waals surface area contributed by atoms with Crippen molar-refractivity contribution in [1.29, 1.82) is 0 Å². The van der Waals surface area contributed by atoms with Crippen molar-refractivity contribution in [2.24, 2.45) is 5.92 Å². The number of hydrogen-bond donors (Lipinski definition) is 2. The number of nitrogens with one attached hydrogen (secondary N) is 1. The van der Waals surface area contributed by atoms with Gasteiger partial charge in [-0.05, 0) is 38.3 Å². The van der Waals surface area contributed by atoms with E-state index in [4.69, 9.17) is 5.11 Å². The number of hydrogen-bond acceptors (Lipinski definition) is 5. The highest BCUT2D eigenvalue weighted by Crippen LogP contribution is 2.21. The summed E-state index contributed by atoms with van der Waals surface area (Å²) in [6, 6.07) is 0. The smallest absolute Gasteiger partial charge is 0.303 e. The molecule has 0 aliphatic carbocycles. The molecule has 20 heavy (non-hydrogen) atoms. The van der Waals surface area contributed by atoms with Gasteiger partial charge in [-0.25, -0.2) is 4.98 Å². The van der Waals surface area contributed by atoms with E-state index in [1.807, 2.05) is 5.38 Å². The number of aliphatic carboxylic acids is 1. The molecule has 2 heterocycles. The molecule has 110 valence electrons. The lowest BCUT2D eigenvalue weighted by Gasteiger charge is -2.31. The van der Waals surface area contributed by atoms with Gasteiger partial charge in [0.05, 0.1) is 6.54 Å². The average molecular weight is 297 g/mol. The summed E-state index contributed by atoms with van der Waals surface area (Å²) >= 11 is 1.41. The standard InChI is InChI=1S/C13H19N3O3S/c17-11(15-13-14-5-8-20-13)9-16-6-3-10(4-7-16)1-2-12(18)19/h5,8,10H,1-4,6-7,9H2,(H,18,19)(H,14,15,17). The Kier molecular flexibility index (Phi) is 5.49. The molecule has 1 aromatic heterocycles. The first-order valence-corrected chi connectivity index (χ1v) is 7.65. The Balaban J connectivity index is 1.66. The monoisotopic (exact) mass is 297 g/mol. The molecule has 0 radical (unpaired) electrons. The molecule has 0 atom stereocenters. The molecule has 1 amide bonds. The van der Waals surface area contributed by atoms with Crippen molar-refractivity contribution in [1.82, 2.24) is 9.88 Å². The van der Waals surface area contributed by atoms with Crippen LogP contribution in [-0.2, 0) is 9.59 Å². The van der Waals surface area contributed by atoms with Gasteiger partial charge in [0, 0.05) is 18.0 Å². The quantitative estimate of drug-likeness (QED) is 0.834. The van der Waals surface area contributed by atoms with Gasteiger partial charge < -0.3 is 10.4 Å². The van der Waals surface area contributed by atoms with Gasteiger partial charge in [-0.3, -0.25) is 14.5 Å². The number of carbonyl (C=O) groups is 2. The number of amides is 1. The van der Waals surface area contributed by atoms with Crippen LogP contribution in [0.3, 0.4) is 0 Å². The van der Waals surface area contributed by atoms with Gasteiger partial charge in [0.15, 0.2) is 5.13 Å². The SMILES string of the molecule is O=C(O)CCC1CCN(CC(=O)Nc2nccs2)CC1. The van der Waals surface area contributed by atoms with Crippen molar-refractivity contribution >= 4 is 28.3 Å². The second-order valence-corrected chi connectivity index (χ2v) is 5.93. The number of thiazole rings is 1. The maximum absolute atomic E-state index is 11.8. The second kappa shape index (κ2) is 7.35. The molecule has 1 aliphatic rings. The molecule has 1 saturated heterocycles. The van der Waals surface area contributed by atoms with E-state index in [1.165, 1.54) is 11.3 Å². The number of carboxylic acid groups (broad SMARTS) is 1. The average Bonchev–Trinajstić information content (AvgIpc) is 2.90. The summed E-state index contributed by atoms with van der Waals surface area (Å²) in [5.41, 5.74) is 0. The van der Waals surface area contributed by atoms with Crippen LogP contribution in [0, 0.1) is 5.92 Å². The van der Waals surface area contributed by atoms with Gasteiger partial charge in [0.25, 0.3) is 0 Å². The van der Waals surface area contributed by atoms with E-state index in [0.717, 1.165) is 32.4 Å². The van der Waals surface area contributed by atoms with E-state index in [9.17, 15) is 9.59 Å². The number of carboxylic acids is 1. The van der Waals surface area contributed by atoms with Gasteiger partial charge >= 0.3 is 5.97 Å². The van der Waals surface area contributed by atoms with Crippen LogP contribution >= 0.6 is 11.3 Å². The maximum atomic E-state index is 11.8. The Morgan fingerprint density at radius 1 is 1.45 bits per heavy atom. The van der Waals surface area contributed by atoms with Gasteiger partial charge in [-0.15, -0.1) is 11.3 Å². The van der Waals surface area contributed by atoms with E-state index in [2.05, 4.69) is 15.2 Å². The Bertz CT molecular complexity index is 442. The van der Waals surface area contributed by atoms with Crippen molar-refractivity contribution in [3.63, 3.8) is 0 Å². The van der Waals surface area contributed by atoms with Crippen molar-refractivity contribution in [3.05, 3.63) is 11.6 Å². The fourth-order valence-electron chi connectivity index (χ4n) is 2.41. The molecule has 0 aromatic carbocycles. The molecule has 0 saturated carbocycles. The Hall–Kier alpha value is -1.47. The summed E-state index contributed by atoms with van der Waals surface area (Å²) in [6.45, 7) is 2.09. The molecular formula is C13H19N3O3S. The lowest BCUT2D eigenvalue weighted by atomic mass is 9.92. The van der Waals surface area contributed by atoms with Crippen LogP contribution in [0.4, 0.5) is 5.13 Å². The lowest BCUT2D eigenvalue weighted by molar-refractivity contribution is -0.137. The van der Waals surface area contributed by atoms with Crippen LogP contribution < -0.4 is 5.32 Å². The van der Waals surface area contributed by atoms with Crippen molar-refractivity contribution in [2.45, 2.75) is 25.7 Å². The van der Waals surface area contributed by atoms with Crippen LogP contribution in [0.15, 0.2) is 11.6 Å². The first-order chi connectivity index (χ1) is 9.63. The summed E-state index contributed by atoms with van der Waals surface area (Å²) in [6.07, 6.45) is 4.59. The number of anilines is 1. The molecular weight excluding hydrogens is 278 g/mol. The highest BCUT2D eigenvalue weighted by atomic mass is 32.1. The predicted molar refractivity (Wildman–Crippen MR) is 76.8 cm³/mol. The molecule has 2 N–H and O–H groups in total. The first kappa shape index (κ1) is 14.9. The summed E-state index contributed by atoms with van der Waals surface area (Å²) in [5.74, 6) is -0.288.